The minimum absolute atomic E-state index is 0.0259. The fraction of sp³-hybridized carbons (Fsp3) is 0.667. The number of anilines is 2. The molecule has 1 aliphatic rings. The van der Waals surface area contributed by atoms with E-state index in [9.17, 15) is 4.79 Å². The van der Waals surface area contributed by atoms with Gasteiger partial charge >= 0.3 is 6.09 Å². The summed E-state index contributed by atoms with van der Waals surface area (Å²) in [5.74, 6) is 1.17. The molecule has 7 heteroatoms. The molecule has 1 fully saturated rings. The highest BCUT2D eigenvalue weighted by Crippen LogP contribution is 2.23. The Morgan fingerprint density at radius 2 is 1.82 bits per heavy atom. The molecule has 2 atom stereocenters. The molecule has 0 bridgehead atoms. The van der Waals surface area contributed by atoms with Crippen molar-refractivity contribution < 1.29 is 9.53 Å². The zero-order chi connectivity index (χ0) is 16.5. The highest BCUT2D eigenvalue weighted by atomic mass is 16.6. The lowest BCUT2D eigenvalue weighted by Gasteiger charge is -2.44. The van der Waals surface area contributed by atoms with Gasteiger partial charge < -0.3 is 15.4 Å². The molecule has 1 aromatic heterocycles. The summed E-state index contributed by atoms with van der Waals surface area (Å²) in [7, 11) is 0. The van der Waals surface area contributed by atoms with E-state index in [0.717, 1.165) is 5.82 Å². The lowest BCUT2D eigenvalue weighted by Crippen LogP contribution is -2.59. The minimum atomic E-state index is -0.490. The molecule has 0 aromatic carbocycles. The van der Waals surface area contributed by atoms with Gasteiger partial charge in [0, 0.05) is 13.1 Å². The molecule has 1 aromatic rings. The molecule has 1 amide bonds. The van der Waals surface area contributed by atoms with Gasteiger partial charge in [0.2, 0.25) is 0 Å². The van der Waals surface area contributed by atoms with Gasteiger partial charge in [0.25, 0.3) is 0 Å². The van der Waals surface area contributed by atoms with Crippen molar-refractivity contribution in [1.82, 2.24) is 14.9 Å². The molecule has 0 aliphatic carbocycles. The first-order valence-electron chi connectivity index (χ1n) is 7.51. The Hall–Kier alpha value is -2.05. The lowest BCUT2D eigenvalue weighted by molar-refractivity contribution is 0.00560. The van der Waals surface area contributed by atoms with Gasteiger partial charge in [0.15, 0.2) is 0 Å². The van der Waals surface area contributed by atoms with E-state index in [1.807, 2.05) is 34.6 Å². The van der Waals surface area contributed by atoms with E-state index in [2.05, 4.69) is 14.9 Å². The zero-order valence-corrected chi connectivity index (χ0v) is 13.9. The van der Waals surface area contributed by atoms with E-state index in [-0.39, 0.29) is 18.2 Å². The number of rotatable bonds is 1. The van der Waals surface area contributed by atoms with E-state index in [4.69, 9.17) is 10.5 Å². The Balaban J connectivity index is 2.08. The van der Waals surface area contributed by atoms with Gasteiger partial charge in [-0.2, -0.15) is 0 Å². The maximum Gasteiger partial charge on any atom is 0.410 e. The number of aromatic nitrogens is 2. The normalized spacial score (nSPS) is 22.6. The average Bonchev–Trinajstić information content (AvgIpc) is 2.36. The Bertz CT molecular complexity index is 514. The lowest BCUT2D eigenvalue weighted by atomic mass is 10.1. The van der Waals surface area contributed by atoms with E-state index >= 15 is 0 Å². The van der Waals surface area contributed by atoms with Crippen LogP contribution >= 0.6 is 0 Å². The van der Waals surface area contributed by atoms with Crippen LogP contribution in [0.5, 0.6) is 0 Å². The summed E-state index contributed by atoms with van der Waals surface area (Å²) in [5.41, 5.74) is 5.08. The third kappa shape index (κ3) is 3.78. The molecular weight excluding hydrogens is 282 g/mol. The fourth-order valence-corrected chi connectivity index (χ4v) is 2.68. The van der Waals surface area contributed by atoms with Crippen LogP contribution in [0.4, 0.5) is 16.4 Å². The molecule has 2 N–H and O–H groups in total. The predicted molar refractivity (Wildman–Crippen MR) is 85.7 cm³/mol. The largest absolute Gasteiger partial charge is 0.444 e. The average molecular weight is 307 g/mol. The van der Waals surface area contributed by atoms with Gasteiger partial charge in [-0.05, 0) is 34.6 Å². The highest BCUT2D eigenvalue weighted by molar-refractivity contribution is 5.69. The number of nitrogens with zero attached hydrogens (tertiary/aromatic N) is 4. The molecule has 122 valence electrons. The van der Waals surface area contributed by atoms with Crippen LogP contribution in [0.25, 0.3) is 0 Å². The number of carbonyl (C=O) groups is 1. The van der Waals surface area contributed by atoms with Gasteiger partial charge in [-0.25, -0.2) is 14.8 Å². The number of nitrogens with two attached hydrogens (primary N) is 1. The van der Waals surface area contributed by atoms with Crippen molar-refractivity contribution in [3.05, 3.63) is 12.4 Å². The second-order valence-electron chi connectivity index (χ2n) is 6.79. The SMILES string of the molecule is C[C@@H]1CN(c2cnc(N)cn2)C[C@H](C)N1C(=O)OC(C)(C)C. The molecule has 0 spiro atoms. The Morgan fingerprint density at radius 1 is 1.23 bits per heavy atom. The van der Waals surface area contributed by atoms with Crippen LogP contribution in [0, 0.1) is 0 Å². The molecule has 22 heavy (non-hydrogen) atoms. The standard InChI is InChI=1S/C15H25N5O2/c1-10-8-19(13-7-17-12(16)6-18-13)9-11(2)20(10)14(21)22-15(3,4)5/h6-7,10-11H,8-9H2,1-5H3,(H2,16,17)/t10-,11+. The molecule has 7 nitrogen and oxygen atoms in total. The molecule has 0 saturated carbocycles. The Labute approximate surface area is 131 Å². The summed E-state index contributed by atoms with van der Waals surface area (Å²) in [6, 6.07) is 0.0518. The van der Waals surface area contributed by atoms with Gasteiger partial charge in [0.1, 0.15) is 17.2 Å². The first kappa shape index (κ1) is 16.3. The summed E-state index contributed by atoms with van der Waals surface area (Å²) in [4.78, 5) is 24.7. The smallest absolute Gasteiger partial charge is 0.410 e. The number of ether oxygens (including phenoxy) is 1. The molecule has 0 radical (unpaired) electrons. The van der Waals surface area contributed by atoms with Crippen LogP contribution < -0.4 is 10.6 Å². The molecule has 0 unspecified atom stereocenters. The number of hydrogen-bond donors (Lipinski definition) is 1. The summed E-state index contributed by atoms with van der Waals surface area (Å²) in [5, 5.41) is 0. The van der Waals surface area contributed by atoms with E-state index in [1.165, 1.54) is 0 Å². The Kier molecular flexibility index (Phi) is 4.44. The molecule has 1 saturated heterocycles. The highest BCUT2D eigenvalue weighted by Gasteiger charge is 2.35. The van der Waals surface area contributed by atoms with Crippen LogP contribution in [0.1, 0.15) is 34.6 Å². The summed E-state index contributed by atoms with van der Waals surface area (Å²) in [6.07, 6.45) is 2.94. The second-order valence-corrected chi connectivity index (χ2v) is 6.79. The second kappa shape index (κ2) is 5.98. The van der Waals surface area contributed by atoms with Gasteiger partial charge in [-0.15, -0.1) is 0 Å². The fourth-order valence-electron chi connectivity index (χ4n) is 2.68. The predicted octanol–water partition coefficient (Wildman–Crippen LogP) is 1.89. The number of hydrogen-bond acceptors (Lipinski definition) is 6. The molecule has 1 aliphatic heterocycles. The monoisotopic (exact) mass is 307 g/mol. The number of piperazine rings is 1. The van der Waals surface area contributed by atoms with E-state index in [0.29, 0.717) is 18.9 Å². The quantitative estimate of drug-likeness (QED) is 0.853. The molecule has 2 rings (SSSR count). The maximum absolute atomic E-state index is 12.4. The topological polar surface area (TPSA) is 84.6 Å². The van der Waals surface area contributed by atoms with Crippen molar-refractivity contribution in [3.8, 4) is 0 Å². The van der Waals surface area contributed by atoms with Gasteiger partial charge in [-0.3, -0.25) is 4.90 Å². The van der Waals surface area contributed by atoms with Crippen LogP contribution in [0.3, 0.4) is 0 Å². The first-order chi connectivity index (χ1) is 10.2. The first-order valence-corrected chi connectivity index (χ1v) is 7.51. The third-order valence-corrected chi connectivity index (χ3v) is 3.51. The van der Waals surface area contributed by atoms with Crippen LogP contribution in [0.15, 0.2) is 12.4 Å². The van der Waals surface area contributed by atoms with Crippen molar-refractivity contribution in [1.29, 1.82) is 0 Å². The number of carbonyl (C=O) groups excluding carboxylic acids is 1. The van der Waals surface area contributed by atoms with E-state index in [1.54, 1.807) is 17.3 Å². The number of amides is 1. The summed E-state index contributed by atoms with van der Waals surface area (Å²) >= 11 is 0. The maximum atomic E-state index is 12.4. The number of nitrogen functional groups attached to an aromatic ring is 1. The molecular formula is C15H25N5O2. The van der Waals surface area contributed by atoms with Crippen LogP contribution in [-0.2, 0) is 4.74 Å². The van der Waals surface area contributed by atoms with Crippen LogP contribution in [0.2, 0.25) is 0 Å². The van der Waals surface area contributed by atoms with Gasteiger partial charge in [-0.1, -0.05) is 0 Å². The van der Waals surface area contributed by atoms with Crippen LogP contribution in [-0.4, -0.2) is 51.7 Å². The van der Waals surface area contributed by atoms with Crippen molar-refractivity contribution in [2.45, 2.75) is 52.3 Å². The van der Waals surface area contributed by atoms with Crippen molar-refractivity contribution in [2.75, 3.05) is 23.7 Å². The van der Waals surface area contributed by atoms with Gasteiger partial charge in [0.05, 0.1) is 24.5 Å². The van der Waals surface area contributed by atoms with Crippen molar-refractivity contribution >= 4 is 17.7 Å². The minimum Gasteiger partial charge on any atom is -0.444 e. The third-order valence-electron chi connectivity index (χ3n) is 3.51. The zero-order valence-electron chi connectivity index (χ0n) is 13.9. The van der Waals surface area contributed by atoms with E-state index < -0.39 is 5.60 Å². The summed E-state index contributed by atoms with van der Waals surface area (Å²) < 4.78 is 5.50. The Morgan fingerprint density at radius 3 is 2.27 bits per heavy atom. The van der Waals surface area contributed by atoms with Crippen molar-refractivity contribution in [2.24, 2.45) is 0 Å². The summed E-state index contributed by atoms with van der Waals surface area (Å²) in [6.45, 7) is 11.0. The van der Waals surface area contributed by atoms with Crippen molar-refractivity contribution in [3.63, 3.8) is 0 Å². The molecule has 2 heterocycles.